The fraction of sp³-hybridized carbons (Fsp3) is 0.0769. The summed E-state index contributed by atoms with van der Waals surface area (Å²) in [5.74, 6) is -1.91. The number of halogens is 3. The number of hydrogen-bond donors (Lipinski definition) is 1. The molecule has 0 aromatic heterocycles. The zero-order valence-electron chi connectivity index (χ0n) is 9.29. The summed E-state index contributed by atoms with van der Waals surface area (Å²) in [6.07, 6.45) is 0. The van der Waals surface area contributed by atoms with E-state index in [-0.39, 0.29) is 17.3 Å². The lowest BCUT2D eigenvalue weighted by Crippen LogP contribution is -2.00. The number of para-hydroxylation sites is 1. The van der Waals surface area contributed by atoms with Gasteiger partial charge in [-0.2, -0.15) is 0 Å². The minimum atomic E-state index is -0.810. The average molecular weight is 270 g/mol. The van der Waals surface area contributed by atoms with E-state index in [0.717, 1.165) is 12.1 Å². The highest BCUT2D eigenvalue weighted by atomic mass is 35.5. The van der Waals surface area contributed by atoms with Crippen molar-refractivity contribution in [2.45, 2.75) is 6.54 Å². The van der Waals surface area contributed by atoms with Crippen molar-refractivity contribution in [3.05, 3.63) is 58.6 Å². The van der Waals surface area contributed by atoms with Crippen LogP contribution in [-0.2, 0) is 6.54 Å². The van der Waals surface area contributed by atoms with Gasteiger partial charge >= 0.3 is 0 Å². The molecule has 0 atom stereocenters. The largest absolute Gasteiger partial charge is 0.450 e. The van der Waals surface area contributed by atoms with Crippen LogP contribution in [0.3, 0.4) is 0 Å². The van der Waals surface area contributed by atoms with Crippen LogP contribution in [0, 0.1) is 11.6 Å². The third-order valence-corrected chi connectivity index (χ3v) is 2.65. The van der Waals surface area contributed by atoms with Crippen molar-refractivity contribution in [1.29, 1.82) is 0 Å². The summed E-state index contributed by atoms with van der Waals surface area (Å²) in [7, 11) is 0. The number of hydrogen-bond acceptors (Lipinski definition) is 2. The molecule has 0 amide bonds. The molecule has 0 spiro atoms. The van der Waals surface area contributed by atoms with E-state index in [9.17, 15) is 8.78 Å². The predicted molar refractivity (Wildman–Crippen MR) is 65.8 cm³/mol. The molecule has 18 heavy (non-hydrogen) atoms. The monoisotopic (exact) mass is 269 g/mol. The molecule has 0 saturated heterocycles. The molecule has 0 radical (unpaired) electrons. The number of benzene rings is 2. The minimum absolute atomic E-state index is 0.0558. The van der Waals surface area contributed by atoms with Gasteiger partial charge in [-0.3, -0.25) is 0 Å². The molecule has 0 aliphatic carbocycles. The van der Waals surface area contributed by atoms with Crippen molar-refractivity contribution >= 4 is 11.6 Å². The summed E-state index contributed by atoms with van der Waals surface area (Å²) in [5.41, 5.74) is 5.68. The maximum absolute atomic E-state index is 13.7. The normalized spacial score (nSPS) is 10.4. The van der Waals surface area contributed by atoms with Gasteiger partial charge in [-0.05, 0) is 29.8 Å². The second kappa shape index (κ2) is 5.33. The topological polar surface area (TPSA) is 35.2 Å². The zero-order chi connectivity index (χ0) is 13.1. The van der Waals surface area contributed by atoms with E-state index in [0.29, 0.717) is 5.56 Å². The van der Waals surface area contributed by atoms with Gasteiger partial charge in [0.15, 0.2) is 17.4 Å². The van der Waals surface area contributed by atoms with E-state index >= 15 is 0 Å². The van der Waals surface area contributed by atoms with Gasteiger partial charge in [-0.25, -0.2) is 8.78 Å². The molecule has 0 bridgehead atoms. The highest BCUT2D eigenvalue weighted by molar-refractivity contribution is 6.32. The number of ether oxygens (including phenoxy) is 1. The van der Waals surface area contributed by atoms with Gasteiger partial charge in [0.25, 0.3) is 0 Å². The van der Waals surface area contributed by atoms with Crippen molar-refractivity contribution in [1.82, 2.24) is 0 Å². The van der Waals surface area contributed by atoms with Gasteiger partial charge in [0.2, 0.25) is 0 Å². The third kappa shape index (κ3) is 2.60. The van der Waals surface area contributed by atoms with Crippen LogP contribution in [0.1, 0.15) is 5.56 Å². The van der Waals surface area contributed by atoms with Gasteiger partial charge < -0.3 is 10.5 Å². The molecule has 2 N–H and O–H groups in total. The molecule has 0 aliphatic heterocycles. The summed E-state index contributed by atoms with van der Waals surface area (Å²) < 4.78 is 32.5. The Balaban J connectivity index is 2.38. The molecule has 94 valence electrons. The van der Waals surface area contributed by atoms with E-state index in [1.165, 1.54) is 6.07 Å². The molecule has 2 aromatic rings. The van der Waals surface area contributed by atoms with Gasteiger partial charge in [0.1, 0.15) is 5.75 Å². The summed E-state index contributed by atoms with van der Waals surface area (Å²) in [6, 6.07) is 8.72. The van der Waals surface area contributed by atoms with Crippen molar-refractivity contribution in [2.75, 3.05) is 0 Å². The minimum Gasteiger partial charge on any atom is -0.450 e. The Labute approximate surface area is 108 Å². The molecule has 0 aliphatic rings. The van der Waals surface area contributed by atoms with Gasteiger partial charge in [0, 0.05) is 6.54 Å². The van der Waals surface area contributed by atoms with E-state index < -0.39 is 17.4 Å². The van der Waals surface area contributed by atoms with E-state index in [2.05, 4.69) is 0 Å². The van der Waals surface area contributed by atoms with Crippen LogP contribution >= 0.6 is 11.6 Å². The molecule has 2 nitrogen and oxygen atoms in total. The Morgan fingerprint density at radius 3 is 2.28 bits per heavy atom. The fourth-order valence-corrected chi connectivity index (χ4v) is 1.64. The first-order valence-electron chi connectivity index (χ1n) is 5.22. The van der Waals surface area contributed by atoms with Crippen LogP contribution in [0.4, 0.5) is 8.78 Å². The van der Waals surface area contributed by atoms with Gasteiger partial charge in [-0.15, -0.1) is 0 Å². The maximum Gasteiger partial charge on any atom is 0.198 e. The van der Waals surface area contributed by atoms with Crippen LogP contribution in [0.2, 0.25) is 5.02 Å². The molecule has 0 saturated carbocycles. The molecule has 0 unspecified atom stereocenters. The maximum atomic E-state index is 13.7. The average Bonchev–Trinajstić information content (AvgIpc) is 2.35. The van der Waals surface area contributed by atoms with Crippen LogP contribution in [-0.4, -0.2) is 0 Å². The lowest BCUT2D eigenvalue weighted by Gasteiger charge is -2.10. The smallest absolute Gasteiger partial charge is 0.198 e. The number of nitrogens with two attached hydrogens (primary N) is 1. The predicted octanol–water partition coefficient (Wildman–Crippen LogP) is 3.87. The quantitative estimate of drug-likeness (QED) is 0.918. The Morgan fingerprint density at radius 2 is 1.72 bits per heavy atom. The summed E-state index contributed by atoms with van der Waals surface area (Å²) in [4.78, 5) is 0. The third-order valence-electron chi connectivity index (χ3n) is 2.34. The molecular formula is C13H10ClF2NO. The van der Waals surface area contributed by atoms with Crippen molar-refractivity contribution in [3.8, 4) is 11.5 Å². The molecule has 0 fully saturated rings. The SMILES string of the molecule is NCc1cc(F)c(Oc2ccccc2Cl)c(F)c1. The first-order valence-corrected chi connectivity index (χ1v) is 5.60. The van der Waals surface area contributed by atoms with Crippen LogP contribution < -0.4 is 10.5 Å². The highest BCUT2D eigenvalue weighted by Crippen LogP contribution is 2.32. The molecule has 2 rings (SSSR count). The van der Waals surface area contributed by atoms with Crippen LogP contribution in [0.15, 0.2) is 36.4 Å². The van der Waals surface area contributed by atoms with Gasteiger partial charge in [-0.1, -0.05) is 23.7 Å². The van der Waals surface area contributed by atoms with E-state index in [1.54, 1.807) is 18.2 Å². The summed E-state index contributed by atoms with van der Waals surface area (Å²) in [6.45, 7) is 0.0558. The number of rotatable bonds is 3. The standard InChI is InChI=1S/C13H10ClF2NO/c14-9-3-1-2-4-12(9)18-13-10(15)5-8(7-17)6-11(13)16/h1-6H,7,17H2. The van der Waals surface area contributed by atoms with Crippen molar-refractivity contribution in [3.63, 3.8) is 0 Å². The molecule has 0 heterocycles. The van der Waals surface area contributed by atoms with Crippen LogP contribution in [0.5, 0.6) is 11.5 Å². The summed E-state index contributed by atoms with van der Waals surface area (Å²) >= 11 is 5.85. The Kier molecular flexibility index (Phi) is 3.79. The lowest BCUT2D eigenvalue weighted by atomic mass is 10.2. The molecule has 2 aromatic carbocycles. The molecular weight excluding hydrogens is 260 g/mol. The Bertz CT molecular complexity index is 552. The van der Waals surface area contributed by atoms with E-state index in [1.807, 2.05) is 0 Å². The Hall–Kier alpha value is -1.65. The summed E-state index contributed by atoms with van der Waals surface area (Å²) in [5, 5.41) is 0.277. The first-order chi connectivity index (χ1) is 8.61. The van der Waals surface area contributed by atoms with Crippen molar-refractivity contribution in [2.24, 2.45) is 5.73 Å². The van der Waals surface area contributed by atoms with Gasteiger partial charge in [0.05, 0.1) is 5.02 Å². The fourth-order valence-electron chi connectivity index (χ4n) is 1.47. The lowest BCUT2D eigenvalue weighted by molar-refractivity contribution is 0.406. The second-order valence-corrected chi connectivity index (χ2v) is 4.03. The Morgan fingerprint density at radius 1 is 1.11 bits per heavy atom. The van der Waals surface area contributed by atoms with E-state index in [4.69, 9.17) is 22.1 Å². The second-order valence-electron chi connectivity index (χ2n) is 3.63. The highest BCUT2D eigenvalue weighted by Gasteiger charge is 2.14. The first kappa shape index (κ1) is 12.8. The molecule has 5 heteroatoms. The van der Waals surface area contributed by atoms with Crippen LogP contribution in [0.25, 0.3) is 0 Å². The zero-order valence-corrected chi connectivity index (χ0v) is 10.0. The van der Waals surface area contributed by atoms with Crippen molar-refractivity contribution < 1.29 is 13.5 Å².